The summed E-state index contributed by atoms with van der Waals surface area (Å²) in [6.45, 7) is 1.19. The fourth-order valence-corrected chi connectivity index (χ4v) is 1.52. The van der Waals surface area contributed by atoms with Gasteiger partial charge >= 0.3 is 12.1 Å². The number of hydrogen-bond acceptors (Lipinski definition) is 2. The number of carboxylic acid groups (broad SMARTS) is 1. The number of benzene rings is 1. The maximum Gasteiger partial charge on any atom is 0.416 e. The van der Waals surface area contributed by atoms with E-state index < -0.39 is 35.8 Å². The van der Waals surface area contributed by atoms with Crippen LogP contribution >= 0.6 is 0 Å². The van der Waals surface area contributed by atoms with E-state index in [0.29, 0.717) is 17.0 Å². The highest BCUT2D eigenvalue weighted by Crippen LogP contribution is 2.30. The average molecular weight is 307 g/mol. The molecule has 0 aliphatic heterocycles. The van der Waals surface area contributed by atoms with Crippen LogP contribution in [0.25, 0.3) is 0 Å². The van der Waals surface area contributed by atoms with Crippen molar-refractivity contribution in [1.82, 2.24) is 4.90 Å². The lowest BCUT2D eigenvalue weighted by molar-refractivity contribution is -0.150. The van der Waals surface area contributed by atoms with Gasteiger partial charge in [-0.05, 0) is 24.6 Å². The minimum Gasteiger partial charge on any atom is -0.480 e. The van der Waals surface area contributed by atoms with Gasteiger partial charge in [-0.3, -0.25) is 4.79 Å². The Morgan fingerprint density at radius 1 is 1.19 bits per heavy atom. The van der Waals surface area contributed by atoms with E-state index in [1.807, 2.05) is 0 Å². The Balaban J connectivity index is 2.91. The molecule has 1 aromatic rings. The van der Waals surface area contributed by atoms with E-state index >= 15 is 0 Å². The van der Waals surface area contributed by atoms with Crippen LogP contribution < -0.4 is 0 Å². The molecule has 1 aromatic carbocycles. The first-order chi connectivity index (χ1) is 9.55. The Hall–Kier alpha value is -2.12. The molecule has 0 aliphatic rings. The van der Waals surface area contributed by atoms with Gasteiger partial charge in [0.1, 0.15) is 6.04 Å². The van der Waals surface area contributed by atoms with Crippen LogP contribution in [0.5, 0.6) is 0 Å². The second kappa shape index (κ2) is 6.11. The molecular formula is C13H13F4NO3. The van der Waals surface area contributed by atoms with E-state index in [-0.39, 0.29) is 5.56 Å². The zero-order valence-corrected chi connectivity index (χ0v) is 11.2. The number of amides is 1. The minimum atomic E-state index is -4.55. The molecule has 0 saturated heterocycles. The molecule has 1 amide bonds. The standard InChI is InChI=1S/C13H13F4NO3/c1-7(12(20)21)18(2)11(19)10(14)8-3-5-9(6-4-8)13(15,16)17/h3-7,10H,1-2H3,(H,20,21). The summed E-state index contributed by atoms with van der Waals surface area (Å²) in [7, 11) is 1.11. The van der Waals surface area contributed by atoms with E-state index in [9.17, 15) is 27.2 Å². The quantitative estimate of drug-likeness (QED) is 0.870. The van der Waals surface area contributed by atoms with Crippen molar-refractivity contribution in [2.24, 2.45) is 0 Å². The molecule has 2 atom stereocenters. The third-order valence-electron chi connectivity index (χ3n) is 3.03. The topological polar surface area (TPSA) is 57.6 Å². The summed E-state index contributed by atoms with van der Waals surface area (Å²) < 4.78 is 51.1. The van der Waals surface area contributed by atoms with Gasteiger partial charge in [0.15, 0.2) is 0 Å². The van der Waals surface area contributed by atoms with Gasteiger partial charge in [0.2, 0.25) is 6.17 Å². The van der Waals surface area contributed by atoms with Crippen LogP contribution in [-0.4, -0.2) is 35.0 Å². The Bertz CT molecular complexity index is 527. The molecule has 0 bridgehead atoms. The van der Waals surface area contributed by atoms with Crippen molar-refractivity contribution in [2.75, 3.05) is 7.05 Å². The number of carbonyl (C=O) groups is 2. The van der Waals surface area contributed by atoms with E-state index in [4.69, 9.17) is 5.11 Å². The monoisotopic (exact) mass is 307 g/mol. The van der Waals surface area contributed by atoms with Crippen LogP contribution in [0, 0.1) is 0 Å². The zero-order chi connectivity index (χ0) is 16.4. The third-order valence-corrected chi connectivity index (χ3v) is 3.03. The number of hydrogen-bond donors (Lipinski definition) is 1. The van der Waals surface area contributed by atoms with Gasteiger partial charge in [0.25, 0.3) is 5.91 Å². The lowest BCUT2D eigenvalue weighted by Crippen LogP contribution is -2.41. The second-order valence-electron chi connectivity index (χ2n) is 4.45. The molecular weight excluding hydrogens is 294 g/mol. The molecule has 1 N–H and O–H groups in total. The third kappa shape index (κ3) is 3.93. The smallest absolute Gasteiger partial charge is 0.416 e. The van der Waals surface area contributed by atoms with Crippen LogP contribution in [0.3, 0.4) is 0 Å². The van der Waals surface area contributed by atoms with Gasteiger partial charge in [0, 0.05) is 7.05 Å². The summed E-state index contributed by atoms with van der Waals surface area (Å²) in [6, 6.07) is 1.78. The van der Waals surface area contributed by atoms with Crippen molar-refractivity contribution >= 4 is 11.9 Å². The Morgan fingerprint density at radius 3 is 2.05 bits per heavy atom. The minimum absolute atomic E-state index is 0.266. The number of rotatable bonds is 4. The van der Waals surface area contributed by atoms with Crippen molar-refractivity contribution in [3.05, 3.63) is 35.4 Å². The van der Waals surface area contributed by atoms with Crippen molar-refractivity contribution in [3.63, 3.8) is 0 Å². The maximum atomic E-state index is 14.0. The Labute approximate surface area is 118 Å². The first kappa shape index (κ1) is 16.9. The molecule has 0 heterocycles. The highest BCUT2D eigenvalue weighted by Gasteiger charge is 2.32. The van der Waals surface area contributed by atoms with Crippen molar-refractivity contribution in [2.45, 2.75) is 25.3 Å². The molecule has 0 fully saturated rings. The van der Waals surface area contributed by atoms with Gasteiger partial charge in [-0.1, -0.05) is 12.1 Å². The molecule has 21 heavy (non-hydrogen) atoms. The predicted molar refractivity (Wildman–Crippen MR) is 65.2 cm³/mol. The number of carbonyl (C=O) groups excluding carboxylic acids is 1. The van der Waals surface area contributed by atoms with E-state index in [1.54, 1.807) is 0 Å². The Kier molecular flexibility index (Phi) is 4.93. The molecule has 4 nitrogen and oxygen atoms in total. The molecule has 0 aliphatic carbocycles. The molecule has 8 heteroatoms. The summed E-state index contributed by atoms with van der Waals surface area (Å²) in [5, 5.41) is 8.74. The molecule has 2 unspecified atom stereocenters. The molecule has 0 saturated carbocycles. The van der Waals surface area contributed by atoms with Crippen LogP contribution in [-0.2, 0) is 15.8 Å². The van der Waals surface area contributed by atoms with E-state index in [2.05, 4.69) is 0 Å². The molecule has 1 rings (SSSR count). The van der Waals surface area contributed by atoms with Crippen LogP contribution in [0.4, 0.5) is 17.6 Å². The molecule has 0 radical (unpaired) electrons. The van der Waals surface area contributed by atoms with Crippen LogP contribution in [0.1, 0.15) is 24.2 Å². The largest absolute Gasteiger partial charge is 0.480 e. The van der Waals surface area contributed by atoms with Crippen molar-refractivity contribution in [1.29, 1.82) is 0 Å². The lowest BCUT2D eigenvalue weighted by atomic mass is 10.1. The number of halogens is 4. The van der Waals surface area contributed by atoms with Crippen LogP contribution in [0.15, 0.2) is 24.3 Å². The molecule has 0 aromatic heterocycles. The fourth-order valence-electron chi connectivity index (χ4n) is 1.52. The van der Waals surface area contributed by atoms with Crippen LogP contribution in [0.2, 0.25) is 0 Å². The van der Waals surface area contributed by atoms with Gasteiger partial charge in [-0.25, -0.2) is 9.18 Å². The van der Waals surface area contributed by atoms with Gasteiger partial charge < -0.3 is 10.0 Å². The van der Waals surface area contributed by atoms with Gasteiger partial charge in [-0.2, -0.15) is 13.2 Å². The first-order valence-electron chi connectivity index (χ1n) is 5.86. The highest BCUT2D eigenvalue weighted by molar-refractivity contribution is 5.86. The zero-order valence-electron chi connectivity index (χ0n) is 11.2. The highest BCUT2D eigenvalue weighted by atomic mass is 19.4. The van der Waals surface area contributed by atoms with E-state index in [1.165, 1.54) is 6.92 Å². The number of carboxylic acids is 1. The number of nitrogens with zero attached hydrogens (tertiary/aromatic N) is 1. The SMILES string of the molecule is CC(C(=O)O)N(C)C(=O)C(F)c1ccc(C(F)(F)F)cc1. The second-order valence-corrected chi connectivity index (χ2v) is 4.45. The first-order valence-corrected chi connectivity index (χ1v) is 5.86. The normalized spacial score (nSPS) is 14.4. The summed E-state index contributed by atoms with van der Waals surface area (Å²) in [4.78, 5) is 23.1. The molecule has 116 valence electrons. The predicted octanol–water partition coefficient (Wildman–Crippen LogP) is 2.65. The van der Waals surface area contributed by atoms with Gasteiger partial charge in [0.05, 0.1) is 5.56 Å². The summed E-state index contributed by atoms with van der Waals surface area (Å²) >= 11 is 0. The number of likely N-dealkylation sites (N-methyl/N-ethyl adjacent to an activating group) is 1. The average Bonchev–Trinajstić information content (AvgIpc) is 2.43. The number of aliphatic carboxylic acids is 1. The van der Waals surface area contributed by atoms with E-state index in [0.717, 1.165) is 19.2 Å². The van der Waals surface area contributed by atoms with Crippen molar-refractivity contribution in [3.8, 4) is 0 Å². The summed E-state index contributed by atoms with van der Waals surface area (Å²) in [5.74, 6) is -2.45. The fraction of sp³-hybridized carbons (Fsp3) is 0.385. The maximum absolute atomic E-state index is 14.0. The molecule has 0 spiro atoms. The van der Waals surface area contributed by atoms with Crippen molar-refractivity contribution < 1.29 is 32.3 Å². The number of alkyl halides is 4. The Morgan fingerprint density at radius 2 is 1.67 bits per heavy atom. The van der Waals surface area contributed by atoms with Gasteiger partial charge in [-0.15, -0.1) is 0 Å². The summed E-state index contributed by atoms with van der Waals surface area (Å²) in [5.41, 5.74) is -1.23. The summed E-state index contributed by atoms with van der Waals surface area (Å²) in [6.07, 6.45) is -6.78. The lowest BCUT2D eigenvalue weighted by Gasteiger charge is -2.23.